The van der Waals surface area contributed by atoms with Crippen molar-refractivity contribution in [3.63, 3.8) is 0 Å². The summed E-state index contributed by atoms with van der Waals surface area (Å²) in [4.78, 5) is 29.8. The Hall–Kier alpha value is -1.57. The SMILES string of the molecule is C[C@@H](O)Cn1c(SCC(=O)N[C@H]2CCCC[C@@H]2C)nc2cc(Cl)ccc2c1=O. The average molecular weight is 424 g/mol. The van der Waals surface area contributed by atoms with Crippen molar-refractivity contribution in [2.45, 2.75) is 63.4 Å². The molecule has 1 fully saturated rings. The summed E-state index contributed by atoms with van der Waals surface area (Å²) in [5.74, 6) is 0.589. The number of hydrogen-bond acceptors (Lipinski definition) is 5. The third-order valence-electron chi connectivity index (χ3n) is 5.12. The number of benzene rings is 1. The molecule has 0 radical (unpaired) electrons. The first-order valence-electron chi connectivity index (χ1n) is 9.65. The van der Waals surface area contributed by atoms with E-state index in [9.17, 15) is 14.7 Å². The molecule has 1 heterocycles. The van der Waals surface area contributed by atoms with E-state index in [0.717, 1.165) is 19.3 Å². The maximum absolute atomic E-state index is 12.9. The molecule has 1 saturated carbocycles. The van der Waals surface area contributed by atoms with Gasteiger partial charge in [-0.1, -0.05) is 43.1 Å². The minimum atomic E-state index is -0.708. The lowest BCUT2D eigenvalue weighted by Crippen LogP contribution is -2.42. The standard InChI is InChI=1S/C20H26ClN3O3S/c1-12-5-3-4-6-16(12)22-18(26)11-28-20-23-17-9-14(21)7-8-15(17)19(27)24(20)10-13(2)25/h7-9,12-13,16,25H,3-6,10-11H2,1-2H3,(H,22,26)/t12-,13+,16-/m0/s1. The van der Waals surface area contributed by atoms with Crippen molar-refractivity contribution in [1.82, 2.24) is 14.9 Å². The van der Waals surface area contributed by atoms with Gasteiger partial charge in [-0.05, 0) is 43.9 Å². The molecule has 1 aliphatic rings. The molecule has 3 atom stereocenters. The summed E-state index contributed by atoms with van der Waals surface area (Å²) < 4.78 is 1.43. The summed E-state index contributed by atoms with van der Waals surface area (Å²) >= 11 is 7.24. The van der Waals surface area contributed by atoms with Gasteiger partial charge >= 0.3 is 0 Å². The highest BCUT2D eigenvalue weighted by Crippen LogP contribution is 2.24. The molecule has 0 bridgehead atoms. The lowest BCUT2D eigenvalue weighted by Gasteiger charge is -2.29. The Morgan fingerprint density at radius 2 is 2.18 bits per heavy atom. The van der Waals surface area contributed by atoms with Crippen LogP contribution in [0.3, 0.4) is 0 Å². The largest absolute Gasteiger partial charge is 0.392 e. The van der Waals surface area contributed by atoms with Gasteiger partial charge in [-0.3, -0.25) is 14.2 Å². The van der Waals surface area contributed by atoms with Crippen LogP contribution in [0.5, 0.6) is 0 Å². The van der Waals surface area contributed by atoms with Gasteiger partial charge in [0.05, 0.1) is 29.3 Å². The van der Waals surface area contributed by atoms with Crippen molar-refractivity contribution in [1.29, 1.82) is 0 Å². The summed E-state index contributed by atoms with van der Waals surface area (Å²) in [6, 6.07) is 5.13. The molecule has 1 amide bonds. The predicted octanol–water partition coefficient (Wildman–Crippen LogP) is 3.22. The zero-order valence-electron chi connectivity index (χ0n) is 16.2. The van der Waals surface area contributed by atoms with E-state index in [4.69, 9.17) is 11.6 Å². The van der Waals surface area contributed by atoms with Crippen LogP contribution in [0.4, 0.5) is 0 Å². The van der Waals surface area contributed by atoms with Crippen molar-refractivity contribution >= 4 is 40.2 Å². The summed E-state index contributed by atoms with van der Waals surface area (Å²) in [6.45, 7) is 3.91. The molecule has 1 aromatic heterocycles. The maximum atomic E-state index is 12.9. The Labute approximate surface area is 173 Å². The fourth-order valence-corrected chi connectivity index (χ4v) is 4.60. The van der Waals surface area contributed by atoms with Gasteiger partial charge in [0.15, 0.2) is 5.16 Å². The number of carbonyl (C=O) groups excluding carboxylic acids is 1. The van der Waals surface area contributed by atoms with Gasteiger partial charge in [-0.2, -0.15) is 0 Å². The minimum absolute atomic E-state index is 0.0622. The van der Waals surface area contributed by atoms with Gasteiger partial charge in [-0.15, -0.1) is 0 Å². The van der Waals surface area contributed by atoms with Crippen molar-refractivity contribution in [3.8, 4) is 0 Å². The Balaban J connectivity index is 1.80. The molecule has 28 heavy (non-hydrogen) atoms. The summed E-state index contributed by atoms with van der Waals surface area (Å²) in [5, 5.41) is 14.3. The zero-order valence-corrected chi connectivity index (χ0v) is 17.7. The summed E-state index contributed by atoms with van der Waals surface area (Å²) in [7, 11) is 0. The lowest BCUT2D eigenvalue weighted by molar-refractivity contribution is -0.119. The first-order valence-corrected chi connectivity index (χ1v) is 11.0. The van der Waals surface area contributed by atoms with Crippen LogP contribution in [-0.2, 0) is 11.3 Å². The van der Waals surface area contributed by atoms with E-state index in [1.54, 1.807) is 25.1 Å². The number of amides is 1. The van der Waals surface area contributed by atoms with Gasteiger partial charge in [0.1, 0.15) is 0 Å². The van der Waals surface area contributed by atoms with Gasteiger partial charge in [0, 0.05) is 11.1 Å². The van der Waals surface area contributed by atoms with Crippen LogP contribution in [0.25, 0.3) is 10.9 Å². The number of halogens is 1. The molecule has 0 spiro atoms. The number of aliphatic hydroxyl groups excluding tert-OH is 1. The quantitative estimate of drug-likeness (QED) is 0.550. The molecule has 152 valence electrons. The second-order valence-electron chi connectivity index (χ2n) is 7.55. The molecule has 0 saturated heterocycles. The topological polar surface area (TPSA) is 84.2 Å². The number of fused-ring (bicyclic) bond motifs is 1. The van der Waals surface area contributed by atoms with E-state index in [0.29, 0.717) is 27.0 Å². The van der Waals surface area contributed by atoms with Crippen LogP contribution in [0.15, 0.2) is 28.2 Å². The first kappa shape index (κ1) is 21.1. The number of aliphatic hydroxyl groups is 1. The van der Waals surface area contributed by atoms with Crippen LogP contribution in [0, 0.1) is 5.92 Å². The second-order valence-corrected chi connectivity index (χ2v) is 8.92. The molecule has 2 aromatic rings. The number of thioether (sulfide) groups is 1. The van der Waals surface area contributed by atoms with Crippen molar-refractivity contribution in [3.05, 3.63) is 33.6 Å². The third kappa shape index (κ3) is 5.07. The van der Waals surface area contributed by atoms with E-state index in [1.807, 2.05) is 0 Å². The highest BCUT2D eigenvalue weighted by molar-refractivity contribution is 7.99. The van der Waals surface area contributed by atoms with Crippen LogP contribution in [-0.4, -0.2) is 38.5 Å². The molecular weight excluding hydrogens is 398 g/mol. The maximum Gasteiger partial charge on any atom is 0.262 e. The Morgan fingerprint density at radius 1 is 1.43 bits per heavy atom. The van der Waals surface area contributed by atoms with Crippen LogP contribution >= 0.6 is 23.4 Å². The summed E-state index contributed by atoms with van der Waals surface area (Å²) in [5.41, 5.74) is 0.245. The Kier molecular flexibility index (Phi) is 7.01. The fraction of sp³-hybridized carbons (Fsp3) is 0.550. The molecule has 3 rings (SSSR count). The number of nitrogens with zero attached hydrogens (tertiary/aromatic N) is 2. The lowest BCUT2D eigenvalue weighted by atomic mass is 9.86. The van der Waals surface area contributed by atoms with E-state index in [2.05, 4.69) is 17.2 Å². The molecule has 1 aliphatic carbocycles. The second kappa shape index (κ2) is 9.29. The van der Waals surface area contributed by atoms with Crippen molar-refractivity contribution in [2.24, 2.45) is 5.92 Å². The zero-order chi connectivity index (χ0) is 20.3. The monoisotopic (exact) mass is 423 g/mol. The third-order valence-corrected chi connectivity index (χ3v) is 6.33. The van der Waals surface area contributed by atoms with E-state index >= 15 is 0 Å². The van der Waals surface area contributed by atoms with E-state index in [1.165, 1.54) is 22.7 Å². The number of carbonyl (C=O) groups is 1. The van der Waals surface area contributed by atoms with Gasteiger partial charge in [0.25, 0.3) is 5.56 Å². The average Bonchev–Trinajstić information content (AvgIpc) is 2.64. The molecule has 0 unspecified atom stereocenters. The minimum Gasteiger partial charge on any atom is -0.392 e. The fourth-order valence-electron chi connectivity index (χ4n) is 3.62. The number of nitrogens with one attached hydrogen (secondary N) is 1. The number of hydrogen-bond donors (Lipinski definition) is 2. The normalized spacial score (nSPS) is 20.9. The van der Waals surface area contributed by atoms with E-state index in [-0.39, 0.29) is 29.8 Å². The van der Waals surface area contributed by atoms with Crippen LogP contribution in [0.1, 0.15) is 39.5 Å². The predicted molar refractivity (Wildman–Crippen MR) is 113 cm³/mol. The smallest absolute Gasteiger partial charge is 0.262 e. The van der Waals surface area contributed by atoms with Crippen molar-refractivity contribution in [2.75, 3.05) is 5.75 Å². The highest BCUT2D eigenvalue weighted by atomic mass is 35.5. The molecule has 6 nitrogen and oxygen atoms in total. The van der Waals surface area contributed by atoms with E-state index < -0.39 is 6.10 Å². The highest BCUT2D eigenvalue weighted by Gasteiger charge is 2.23. The Bertz CT molecular complexity index is 915. The van der Waals surface area contributed by atoms with Gasteiger partial charge in [0.2, 0.25) is 5.91 Å². The number of aromatic nitrogens is 2. The van der Waals surface area contributed by atoms with Crippen LogP contribution in [0.2, 0.25) is 5.02 Å². The molecule has 1 aromatic carbocycles. The van der Waals surface area contributed by atoms with Crippen molar-refractivity contribution < 1.29 is 9.90 Å². The first-order chi connectivity index (χ1) is 13.3. The molecule has 0 aliphatic heterocycles. The molecular formula is C20H26ClN3O3S. The van der Waals surface area contributed by atoms with Gasteiger partial charge < -0.3 is 10.4 Å². The molecule has 2 N–H and O–H groups in total. The van der Waals surface area contributed by atoms with Gasteiger partial charge in [-0.25, -0.2) is 4.98 Å². The van der Waals surface area contributed by atoms with Crippen LogP contribution < -0.4 is 10.9 Å². The Morgan fingerprint density at radius 3 is 2.89 bits per heavy atom. The molecule has 8 heteroatoms. The summed E-state index contributed by atoms with van der Waals surface area (Å²) in [6.07, 6.45) is 3.80. The number of rotatable bonds is 6.